The molecule has 0 aliphatic heterocycles. The van der Waals surface area contributed by atoms with Crippen LogP contribution in [0.2, 0.25) is 0 Å². The topological polar surface area (TPSA) is 56.8 Å². The van der Waals surface area contributed by atoms with Crippen LogP contribution in [0.4, 0.5) is 0 Å². The van der Waals surface area contributed by atoms with Crippen LogP contribution in [0.5, 0.6) is 0 Å². The summed E-state index contributed by atoms with van der Waals surface area (Å²) in [6, 6.07) is 0. The van der Waals surface area contributed by atoms with Gasteiger partial charge in [-0.25, -0.2) is 0 Å². The first kappa shape index (κ1) is 12.3. The van der Waals surface area contributed by atoms with E-state index in [2.05, 4.69) is 5.32 Å². The van der Waals surface area contributed by atoms with Crippen LogP contribution >= 0.6 is 0 Å². The van der Waals surface area contributed by atoms with E-state index < -0.39 is 12.4 Å². The molecule has 0 rings (SSSR count). The molecule has 78 valence electrons. The molecule has 1 amide bonds. The van der Waals surface area contributed by atoms with Crippen LogP contribution in [0.15, 0.2) is 0 Å². The number of carbonyl (C=O) groups excluding carboxylic acids is 1. The molecule has 5 nitrogen and oxygen atoms in total. The number of methoxy groups -OCH3 is 3. The Kier molecular flexibility index (Phi) is 6.48. The molecular weight excluding hydrogens is 174 g/mol. The number of hydrogen-bond donors (Lipinski definition) is 1. The lowest BCUT2D eigenvalue weighted by molar-refractivity contribution is -0.135. The maximum absolute atomic E-state index is 11.2. The van der Waals surface area contributed by atoms with E-state index >= 15 is 0 Å². The zero-order chi connectivity index (χ0) is 10.3. The highest BCUT2D eigenvalue weighted by Crippen LogP contribution is 1.90. The van der Waals surface area contributed by atoms with Crippen LogP contribution in [0.3, 0.4) is 0 Å². The van der Waals surface area contributed by atoms with E-state index in [1.165, 1.54) is 21.3 Å². The average molecular weight is 191 g/mol. The van der Waals surface area contributed by atoms with Crippen molar-refractivity contribution in [2.24, 2.45) is 0 Å². The van der Waals surface area contributed by atoms with Gasteiger partial charge in [0.15, 0.2) is 6.29 Å². The van der Waals surface area contributed by atoms with E-state index in [4.69, 9.17) is 14.2 Å². The van der Waals surface area contributed by atoms with Crippen molar-refractivity contribution in [2.75, 3.05) is 27.9 Å². The zero-order valence-electron chi connectivity index (χ0n) is 8.49. The van der Waals surface area contributed by atoms with Crippen molar-refractivity contribution in [3.63, 3.8) is 0 Å². The minimum atomic E-state index is -0.450. The van der Waals surface area contributed by atoms with Crippen molar-refractivity contribution < 1.29 is 19.0 Å². The molecule has 0 aliphatic rings. The molecule has 0 aliphatic carbocycles. The summed E-state index contributed by atoms with van der Waals surface area (Å²) in [6.07, 6.45) is -0.859. The zero-order valence-corrected chi connectivity index (χ0v) is 8.49. The van der Waals surface area contributed by atoms with Crippen molar-refractivity contribution in [3.8, 4) is 0 Å². The number of nitrogens with one attached hydrogen (secondary N) is 1. The van der Waals surface area contributed by atoms with Gasteiger partial charge in [0, 0.05) is 21.3 Å². The van der Waals surface area contributed by atoms with Crippen molar-refractivity contribution in [2.45, 2.75) is 19.3 Å². The second kappa shape index (κ2) is 6.82. The Morgan fingerprint density at radius 1 is 1.23 bits per heavy atom. The molecule has 1 unspecified atom stereocenters. The maximum Gasteiger partial charge on any atom is 0.249 e. The standard InChI is InChI=1S/C8H17NO4/c1-6(11-2)8(10)9-5-7(12-3)13-4/h6-7H,5H2,1-4H3,(H,9,10). The summed E-state index contributed by atoms with van der Waals surface area (Å²) in [5, 5.41) is 2.62. The molecule has 1 N–H and O–H groups in total. The van der Waals surface area contributed by atoms with Crippen LogP contribution in [0, 0.1) is 0 Å². The summed E-state index contributed by atoms with van der Waals surface area (Å²) in [5.74, 6) is -0.179. The third kappa shape index (κ3) is 4.82. The van der Waals surface area contributed by atoms with E-state index in [9.17, 15) is 4.79 Å². The van der Waals surface area contributed by atoms with E-state index in [0.717, 1.165) is 0 Å². The molecule has 0 saturated heterocycles. The minimum absolute atomic E-state index is 0.179. The van der Waals surface area contributed by atoms with Gasteiger partial charge in [0.25, 0.3) is 0 Å². The fraction of sp³-hybridized carbons (Fsp3) is 0.875. The number of rotatable bonds is 6. The second-order valence-corrected chi connectivity index (χ2v) is 2.52. The van der Waals surface area contributed by atoms with Gasteiger partial charge in [0.2, 0.25) is 5.91 Å². The molecule has 0 heterocycles. The molecule has 0 radical (unpaired) electrons. The Morgan fingerprint density at radius 2 is 1.77 bits per heavy atom. The fourth-order valence-corrected chi connectivity index (χ4v) is 0.698. The number of ether oxygens (including phenoxy) is 3. The Bertz CT molecular complexity index is 147. The number of carbonyl (C=O) groups is 1. The van der Waals surface area contributed by atoms with Gasteiger partial charge in [-0.1, -0.05) is 0 Å². The van der Waals surface area contributed by atoms with Crippen LogP contribution < -0.4 is 5.32 Å². The van der Waals surface area contributed by atoms with Gasteiger partial charge < -0.3 is 19.5 Å². The first-order chi connectivity index (χ1) is 6.15. The van der Waals surface area contributed by atoms with Gasteiger partial charge in [0.1, 0.15) is 6.10 Å². The summed E-state index contributed by atoms with van der Waals surface area (Å²) in [4.78, 5) is 11.2. The van der Waals surface area contributed by atoms with Crippen molar-refractivity contribution in [1.29, 1.82) is 0 Å². The maximum atomic E-state index is 11.2. The average Bonchev–Trinajstić information content (AvgIpc) is 2.17. The molecule has 0 spiro atoms. The molecular formula is C8H17NO4. The highest BCUT2D eigenvalue weighted by Gasteiger charge is 2.13. The quantitative estimate of drug-likeness (QED) is 0.588. The summed E-state index contributed by atoms with van der Waals surface area (Å²) in [6.45, 7) is 1.99. The highest BCUT2D eigenvalue weighted by molar-refractivity contribution is 5.80. The second-order valence-electron chi connectivity index (χ2n) is 2.52. The SMILES string of the molecule is COC(CNC(=O)C(C)OC)OC. The Hall–Kier alpha value is -0.650. The van der Waals surface area contributed by atoms with Crippen LogP contribution in [-0.2, 0) is 19.0 Å². The molecule has 0 fully saturated rings. The lowest BCUT2D eigenvalue weighted by atomic mass is 10.4. The summed E-state index contributed by atoms with van der Waals surface area (Å²) < 4.78 is 14.6. The molecule has 0 aromatic carbocycles. The van der Waals surface area contributed by atoms with Gasteiger partial charge in [-0.15, -0.1) is 0 Å². The summed E-state index contributed by atoms with van der Waals surface area (Å²) >= 11 is 0. The smallest absolute Gasteiger partial charge is 0.249 e. The predicted octanol–water partition coefficient (Wildman–Crippen LogP) is -0.244. The Balaban J connectivity index is 3.68. The van der Waals surface area contributed by atoms with Crippen molar-refractivity contribution in [3.05, 3.63) is 0 Å². The van der Waals surface area contributed by atoms with E-state index in [-0.39, 0.29) is 5.91 Å². The monoisotopic (exact) mass is 191 g/mol. The lowest BCUT2D eigenvalue weighted by Gasteiger charge is -2.15. The molecule has 5 heteroatoms. The third-order valence-corrected chi connectivity index (χ3v) is 1.69. The van der Waals surface area contributed by atoms with Gasteiger partial charge in [-0.2, -0.15) is 0 Å². The minimum Gasteiger partial charge on any atom is -0.372 e. The van der Waals surface area contributed by atoms with E-state index in [1.807, 2.05) is 0 Å². The van der Waals surface area contributed by atoms with Gasteiger partial charge in [0.05, 0.1) is 6.54 Å². The molecule has 0 bridgehead atoms. The highest BCUT2D eigenvalue weighted by atomic mass is 16.7. The molecule has 0 saturated carbocycles. The first-order valence-electron chi connectivity index (χ1n) is 4.01. The summed E-state index contributed by atoms with van der Waals surface area (Å²) in [7, 11) is 4.51. The lowest BCUT2D eigenvalue weighted by Crippen LogP contribution is -2.39. The molecule has 0 aromatic rings. The number of amides is 1. The van der Waals surface area contributed by atoms with Crippen LogP contribution in [0.25, 0.3) is 0 Å². The van der Waals surface area contributed by atoms with Crippen LogP contribution in [-0.4, -0.2) is 46.2 Å². The normalized spacial score (nSPS) is 13.0. The van der Waals surface area contributed by atoms with E-state index in [0.29, 0.717) is 6.54 Å². The molecule has 13 heavy (non-hydrogen) atoms. The Labute approximate surface area is 78.3 Å². The molecule has 1 atom stereocenters. The molecule has 0 aromatic heterocycles. The first-order valence-corrected chi connectivity index (χ1v) is 4.01. The Morgan fingerprint density at radius 3 is 2.15 bits per heavy atom. The van der Waals surface area contributed by atoms with Crippen molar-refractivity contribution in [1.82, 2.24) is 5.32 Å². The van der Waals surface area contributed by atoms with E-state index in [1.54, 1.807) is 6.92 Å². The van der Waals surface area contributed by atoms with Crippen LogP contribution in [0.1, 0.15) is 6.92 Å². The fourth-order valence-electron chi connectivity index (χ4n) is 0.698. The van der Waals surface area contributed by atoms with Gasteiger partial charge in [-0.05, 0) is 6.92 Å². The number of hydrogen-bond acceptors (Lipinski definition) is 4. The largest absolute Gasteiger partial charge is 0.372 e. The third-order valence-electron chi connectivity index (χ3n) is 1.69. The van der Waals surface area contributed by atoms with Crippen molar-refractivity contribution >= 4 is 5.91 Å². The predicted molar refractivity (Wildman–Crippen MR) is 47.3 cm³/mol. The van der Waals surface area contributed by atoms with Gasteiger partial charge in [-0.3, -0.25) is 4.79 Å². The summed E-state index contributed by atoms with van der Waals surface area (Å²) in [5.41, 5.74) is 0. The van der Waals surface area contributed by atoms with Gasteiger partial charge >= 0.3 is 0 Å².